The smallest absolute Gasteiger partial charge is 0.271 e. The fraction of sp³-hybridized carbons (Fsp3) is 0.0909. The zero-order valence-electron chi connectivity index (χ0n) is 15.5. The summed E-state index contributed by atoms with van der Waals surface area (Å²) in [4.78, 5) is 12.0. The number of nitrogens with one attached hydrogen (secondary N) is 1. The van der Waals surface area contributed by atoms with Crippen LogP contribution in [0.3, 0.4) is 0 Å². The Morgan fingerprint density at radius 1 is 1.04 bits per heavy atom. The molecule has 6 nitrogen and oxygen atoms in total. The molecule has 0 saturated carbocycles. The molecule has 0 saturated heterocycles. The number of rotatable bonds is 7. The van der Waals surface area contributed by atoms with Crippen LogP contribution in [0.15, 0.2) is 77.9 Å². The molecule has 0 aromatic heterocycles. The van der Waals surface area contributed by atoms with Crippen molar-refractivity contribution in [2.45, 2.75) is 6.61 Å². The molecule has 28 heavy (non-hydrogen) atoms. The number of hydrogen-bond donors (Lipinski definition) is 2. The molecule has 3 aromatic rings. The number of hydrazone groups is 1. The van der Waals surface area contributed by atoms with Crippen molar-refractivity contribution in [1.29, 1.82) is 0 Å². The highest BCUT2D eigenvalue weighted by atomic mass is 16.5. The van der Waals surface area contributed by atoms with E-state index in [1.165, 1.54) is 0 Å². The van der Waals surface area contributed by atoms with Gasteiger partial charge in [-0.05, 0) is 53.6 Å². The maximum Gasteiger partial charge on any atom is 0.271 e. The molecule has 0 radical (unpaired) electrons. The summed E-state index contributed by atoms with van der Waals surface area (Å²) in [6, 6.07) is 21.9. The van der Waals surface area contributed by atoms with Crippen LogP contribution in [-0.2, 0) is 6.61 Å². The van der Waals surface area contributed by atoms with Crippen LogP contribution in [0.2, 0.25) is 0 Å². The molecule has 0 fully saturated rings. The topological polar surface area (TPSA) is 85.9 Å². The van der Waals surface area contributed by atoms with Crippen LogP contribution in [0.1, 0.15) is 21.5 Å². The molecular weight excluding hydrogens is 354 g/mol. The lowest BCUT2D eigenvalue weighted by atomic mass is 10.2. The minimum atomic E-state index is -0.314. The second kappa shape index (κ2) is 9.23. The third-order valence-corrected chi connectivity index (χ3v) is 3.98. The maximum absolute atomic E-state index is 12.0. The van der Waals surface area contributed by atoms with Crippen LogP contribution in [0.4, 0.5) is 5.69 Å². The summed E-state index contributed by atoms with van der Waals surface area (Å²) >= 11 is 0. The monoisotopic (exact) mass is 375 g/mol. The van der Waals surface area contributed by atoms with E-state index in [9.17, 15) is 4.79 Å². The molecular formula is C22H21N3O3. The molecule has 0 atom stereocenters. The molecule has 3 aromatic carbocycles. The van der Waals surface area contributed by atoms with Crippen molar-refractivity contribution in [3.8, 4) is 11.5 Å². The van der Waals surface area contributed by atoms with Gasteiger partial charge < -0.3 is 15.2 Å². The first-order valence-corrected chi connectivity index (χ1v) is 8.69. The van der Waals surface area contributed by atoms with Crippen molar-refractivity contribution in [2.75, 3.05) is 12.8 Å². The van der Waals surface area contributed by atoms with Crippen LogP contribution in [0, 0.1) is 0 Å². The van der Waals surface area contributed by atoms with E-state index >= 15 is 0 Å². The van der Waals surface area contributed by atoms with Crippen molar-refractivity contribution >= 4 is 17.8 Å². The SMILES string of the molecule is COc1cc(/C=N\NC(=O)c2ccc(N)cc2)ccc1OCc1ccccc1. The number of nitrogens with two attached hydrogens (primary N) is 1. The number of amides is 1. The van der Waals surface area contributed by atoms with Gasteiger partial charge in [-0.1, -0.05) is 30.3 Å². The molecule has 0 bridgehead atoms. The molecule has 0 aliphatic carbocycles. The van der Waals surface area contributed by atoms with E-state index < -0.39 is 0 Å². The van der Waals surface area contributed by atoms with Crippen molar-refractivity contribution in [3.63, 3.8) is 0 Å². The van der Waals surface area contributed by atoms with Gasteiger partial charge in [-0.2, -0.15) is 5.10 Å². The van der Waals surface area contributed by atoms with Crippen molar-refractivity contribution in [3.05, 3.63) is 89.5 Å². The van der Waals surface area contributed by atoms with Crippen LogP contribution < -0.4 is 20.6 Å². The molecule has 0 aliphatic heterocycles. The zero-order chi connectivity index (χ0) is 19.8. The third kappa shape index (κ3) is 5.11. The lowest BCUT2D eigenvalue weighted by Gasteiger charge is -2.11. The van der Waals surface area contributed by atoms with Gasteiger partial charge in [0.05, 0.1) is 13.3 Å². The van der Waals surface area contributed by atoms with E-state index in [-0.39, 0.29) is 5.91 Å². The van der Waals surface area contributed by atoms with E-state index in [4.69, 9.17) is 15.2 Å². The lowest BCUT2D eigenvalue weighted by Crippen LogP contribution is -2.17. The largest absolute Gasteiger partial charge is 0.493 e. The van der Waals surface area contributed by atoms with E-state index in [0.29, 0.717) is 29.4 Å². The van der Waals surface area contributed by atoms with Crippen LogP contribution in [0.5, 0.6) is 11.5 Å². The second-order valence-corrected chi connectivity index (χ2v) is 6.01. The van der Waals surface area contributed by atoms with E-state index in [1.807, 2.05) is 42.5 Å². The van der Waals surface area contributed by atoms with Gasteiger partial charge in [0.25, 0.3) is 5.91 Å². The molecule has 1 amide bonds. The predicted molar refractivity (Wildman–Crippen MR) is 110 cm³/mol. The summed E-state index contributed by atoms with van der Waals surface area (Å²) in [5.74, 6) is 0.908. The number of ether oxygens (including phenoxy) is 2. The average molecular weight is 375 g/mol. The number of nitrogens with zero attached hydrogens (tertiary/aromatic N) is 1. The van der Waals surface area contributed by atoms with Gasteiger partial charge in [-0.3, -0.25) is 4.79 Å². The van der Waals surface area contributed by atoms with E-state index in [1.54, 1.807) is 43.7 Å². The van der Waals surface area contributed by atoms with Gasteiger partial charge in [-0.25, -0.2) is 5.43 Å². The highest BCUT2D eigenvalue weighted by Crippen LogP contribution is 2.28. The Kier molecular flexibility index (Phi) is 6.25. The van der Waals surface area contributed by atoms with Crippen LogP contribution in [-0.4, -0.2) is 19.2 Å². The van der Waals surface area contributed by atoms with Gasteiger partial charge in [-0.15, -0.1) is 0 Å². The first-order valence-electron chi connectivity index (χ1n) is 8.69. The highest BCUT2D eigenvalue weighted by molar-refractivity contribution is 5.95. The Morgan fingerprint density at radius 3 is 2.50 bits per heavy atom. The van der Waals surface area contributed by atoms with Crippen LogP contribution in [0.25, 0.3) is 0 Å². The quantitative estimate of drug-likeness (QED) is 0.375. The Morgan fingerprint density at radius 2 is 1.79 bits per heavy atom. The fourth-order valence-electron chi connectivity index (χ4n) is 2.48. The molecule has 3 rings (SSSR count). The van der Waals surface area contributed by atoms with Gasteiger partial charge in [0.1, 0.15) is 6.61 Å². The summed E-state index contributed by atoms with van der Waals surface area (Å²) in [5, 5.41) is 3.99. The number of benzene rings is 3. The standard InChI is InChI=1S/C22H21N3O3/c1-27-21-13-17(7-12-20(21)28-15-16-5-3-2-4-6-16)14-24-25-22(26)18-8-10-19(23)11-9-18/h2-14H,15,23H2,1H3,(H,25,26)/b24-14-. The summed E-state index contributed by atoms with van der Waals surface area (Å²) in [5.41, 5.74) is 11.0. The molecule has 0 unspecified atom stereocenters. The molecule has 6 heteroatoms. The Hall–Kier alpha value is -3.80. The van der Waals surface area contributed by atoms with Crippen molar-refractivity contribution in [2.24, 2.45) is 5.10 Å². The summed E-state index contributed by atoms with van der Waals surface area (Å²) < 4.78 is 11.2. The maximum atomic E-state index is 12.0. The summed E-state index contributed by atoms with van der Waals surface area (Å²) in [6.45, 7) is 0.447. The van der Waals surface area contributed by atoms with E-state index in [0.717, 1.165) is 11.1 Å². The first kappa shape index (κ1) is 19.0. The molecule has 0 aliphatic rings. The number of nitrogen functional groups attached to an aromatic ring is 1. The molecule has 0 spiro atoms. The number of methoxy groups -OCH3 is 1. The number of carbonyl (C=O) groups excluding carboxylic acids is 1. The number of carbonyl (C=O) groups is 1. The Labute approximate surface area is 163 Å². The number of hydrogen-bond acceptors (Lipinski definition) is 5. The van der Waals surface area contributed by atoms with Crippen molar-refractivity contribution in [1.82, 2.24) is 5.43 Å². The van der Waals surface area contributed by atoms with Crippen molar-refractivity contribution < 1.29 is 14.3 Å². The molecule has 0 heterocycles. The Bertz CT molecular complexity index is 955. The lowest BCUT2D eigenvalue weighted by molar-refractivity contribution is 0.0955. The van der Waals surface area contributed by atoms with Gasteiger partial charge in [0, 0.05) is 11.3 Å². The van der Waals surface area contributed by atoms with Gasteiger partial charge in [0.2, 0.25) is 0 Å². The zero-order valence-corrected chi connectivity index (χ0v) is 15.5. The highest BCUT2D eigenvalue weighted by Gasteiger charge is 2.06. The Balaban J connectivity index is 1.61. The summed E-state index contributed by atoms with van der Waals surface area (Å²) in [6.07, 6.45) is 1.54. The average Bonchev–Trinajstić information content (AvgIpc) is 2.73. The number of anilines is 1. The minimum absolute atomic E-state index is 0.314. The van der Waals surface area contributed by atoms with Gasteiger partial charge >= 0.3 is 0 Å². The summed E-state index contributed by atoms with van der Waals surface area (Å²) in [7, 11) is 1.58. The third-order valence-electron chi connectivity index (χ3n) is 3.98. The minimum Gasteiger partial charge on any atom is -0.493 e. The van der Waals surface area contributed by atoms with Gasteiger partial charge in [0.15, 0.2) is 11.5 Å². The normalized spacial score (nSPS) is 10.6. The van der Waals surface area contributed by atoms with E-state index in [2.05, 4.69) is 10.5 Å². The molecule has 3 N–H and O–H groups in total. The predicted octanol–water partition coefficient (Wildman–Crippen LogP) is 3.62. The second-order valence-electron chi connectivity index (χ2n) is 6.01. The fourth-order valence-corrected chi connectivity index (χ4v) is 2.48. The molecule has 142 valence electrons. The first-order chi connectivity index (χ1) is 13.7. The van der Waals surface area contributed by atoms with Crippen LogP contribution >= 0.6 is 0 Å².